The monoisotopic (exact) mass is 374 g/mol. The van der Waals surface area contributed by atoms with E-state index in [1.165, 1.54) is 0 Å². The number of nitrogens with zero attached hydrogens (tertiary/aromatic N) is 2. The van der Waals surface area contributed by atoms with Crippen LogP contribution in [0.25, 0.3) is 11.0 Å². The molecule has 0 radical (unpaired) electrons. The third-order valence-electron chi connectivity index (χ3n) is 4.09. The Bertz CT molecular complexity index is 938. The van der Waals surface area contributed by atoms with E-state index in [-0.39, 0.29) is 18.9 Å². The molecule has 0 saturated heterocycles. The van der Waals surface area contributed by atoms with Crippen molar-refractivity contribution in [1.82, 2.24) is 10.1 Å². The minimum absolute atomic E-state index is 0.0199. The molecule has 0 fully saturated rings. The number of ether oxygens (including phenoxy) is 1. The highest BCUT2D eigenvalue weighted by atomic mass is 35.5. The number of carbonyl (C=O) groups is 1. The number of pyridine rings is 1. The normalized spacial score (nSPS) is 12.3. The number of carboxylic acids is 1. The van der Waals surface area contributed by atoms with Crippen LogP contribution in [0.1, 0.15) is 43.5 Å². The average Bonchev–Trinajstić information content (AvgIpc) is 3.02. The summed E-state index contributed by atoms with van der Waals surface area (Å²) in [5, 5.41) is 13.9. The van der Waals surface area contributed by atoms with Crippen molar-refractivity contribution in [3.8, 4) is 5.75 Å². The van der Waals surface area contributed by atoms with Gasteiger partial charge in [-0.1, -0.05) is 29.7 Å². The maximum atomic E-state index is 10.7. The first-order valence-electron chi connectivity index (χ1n) is 8.40. The Hall–Kier alpha value is -2.60. The van der Waals surface area contributed by atoms with Gasteiger partial charge in [-0.25, -0.2) is 0 Å². The number of hydrogen-bond acceptors (Lipinski definition) is 5. The molecule has 0 aliphatic carbocycles. The van der Waals surface area contributed by atoms with Gasteiger partial charge in [0.15, 0.2) is 5.58 Å². The first kappa shape index (κ1) is 18.2. The van der Waals surface area contributed by atoms with E-state index in [1.54, 1.807) is 12.1 Å². The molecular weight excluding hydrogens is 356 g/mol. The lowest BCUT2D eigenvalue weighted by molar-refractivity contribution is -0.136. The number of carboxylic acid groups (broad SMARTS) is 1. The molecule has 0 aliphatic rings. The third-order valence-corrected chi connectivity index (χ3v) is 4.38. The van der Waals surface area contributed by atoms with Crippen LogP contribution in [0.2, 0.25) is 5.02 Å². The van der Waals surface area contributed by atoms with Gasteiger partial charge in [0, 0.05) is 23.6 Å². The molecule has 6 nitrogen and oxygen atoms in total. The highest BCUT2D eigenvalue weighted by Gasteiger charge is 2.17. The maximum absolute atomic E-state index is 10.7. The van der Waals surface area contributed by atoms with Crippen molar-refractivity contribution in [3.05, 3.63) is 52.4 Å². The van der Waals surface area contributed by atoms with Gasteiger partial charge in [-0.2, -0.15) is 0 Å². The van der Waals surface area contributed by atoms with Crippen molar-refractivity contribution in [2.24, 2.45) is 0 Å². The minimum Gasteiger partial charge on any atom is -0.483 e. The molecule has 1 N–H and O–H groups in total. The number of aromatic nitrogens is 2. The van der Waals surface area contributed by atoms with Gasteiger partial charge in [0.05, 0.1) is 22.8 Å². The van der Waals surface area contributed by atoms with E-state index in [9.17, 15) is 4.79 Å². The van der Waals surface area contributed by atoms with Gasteiger partial charge in [-0.15, -0.1) is 0 Å². The van der Waals surface area contributed by atoms with E-state index < -0.39 is 5.97 Å². The van der Waals surface area contributed by atoms with Gasteiger partial charge >= 0.3 is 5.97 Å². The second kappa shape index (κ2) is 7.74. The Morgan fingerprint density at radius 1 is 1.38 bits per heavy atom. The summed E-state index contributed by atoms with van der Waals surface area (Å²) in [6.45, 7) is 3.95. The fourth-order valence-corrected chi connectivity index (χ4v) is 2.87. The summed E-state index contributed by atoms with van der Waals surface area (Å²) in [4.78, 5) is 15.3. The minimum atomic E-state index is -0.886. The number of benzene rings is 1. The average molecular weight is 375 g/mol. The molecule has 3 rings (SSSR count). The van der Waals surface area contributed by atoms with Crippen molar-refractivity contribution in [3.63, 3.8) is 0 Å². The van der Waals surface area contributed by atoms with Crippen LogP contribution >= 0.6 is 11.6 Å². The molecule has 0 saturated carbocycles. The molecule has 0 spiro atoms. The molecule has 0 unspecified atom stereocenters. The second-order valence-corrected chi connectivity index (χ2v) is 6.38. The summed E-state index contributed by atoms with van der Waals surface area (Å²) in [6.07, 6.45) is 0.826. The summed E-state index contributed by atoms with van der Waals surface area (Å²) in [5.41, 5.74) is 2.89. The van der Waals surface area contributed by atoms with Gasteiger partial charge in [-0.05, 0) is 31.5 Å². The fraction of sp³-hybridized carbons (Fsp3) is 0.316. The Kier molecular flexibility index (Phi) is 5.42. The smallest absolute Gasteiger partial charge is 0.303 e. The molecule has 2 heterocycles. The Morgan fingerprint density at radius 3 is 2.92 bits per heavy atom. The van der Waals surface area contributed by atoms with Crippen LogP contribution in [0.15, 0.2) is 34.9 Å². The van der Waals surface area contributed by atoms with E-state index in [2.05, 4.69) is 10.1 Å². The van der Waals surface area contributed by atoms with Crippen molar-refractivity contribution < 1.29 is 19.2 Å². The summed E-state index contributed by atoms with van der Waals surface area (Å²) < 4.78 is 11.3. The summed E-state index contributed by atoms with van der Waals surface area (Å²) in [6, 6.07) is 9.21. The SMILES string of the molecule is CCc1cccc([C@H](C)Oc2cc3onc(CCC(=O)O)c3cc2Cl)n1. The van der Waals surface area contributed by atoms with Crippen molar-refractivity contribution in [1.29, 1.82) is 0 Å². The lowest BCUT2D eigenvalue weighted by Gasteiger charge is -2.16. The first-order chi connectivity index (χ1) is 12.5. The highest BCUT2D eigenvalue weighted by molar-refractivity contribution is 6.32. The lowest BCUT2D eigenvalue weighted by Crippen LogP contribution is -2.07. The Balaban J connectivity index is 1.83. The molecule has 1 atom stereocenters. The van der Waals surface area contributed by atoms with E-state index in [0.717, 1.165) is 17.8 Å². The van der Waals surface area contributed by atoms with E-state index in [1.807, 2.05) is 32.0 Å². The quantitative estimate of drug-likeness (QED) is 0.650. The number of hydrogen-bond donors (Lipinski definition) is 1. The van der Waals surface area contributed by atoms with E-state index >= 15 is 0 Å². The Labute approximate surface area is 155 Å². The van der Waals surface area contributed by atoms with Gasteiger partial charge in [0.1, 0.15) is 11.9 Å². The standard InChI is InChI=1S/C19H19ClN2O4/c1-3-12-5-4-6-15(21-12)11(2)25-18-10-17-13(9-14(18)20)16(22-26-17)7-8-19(23)24/h4-6,9-11H,3,7-8H2,1-2H3,(H,23,24)/t11-/m0/s1. The highest BCUT2D eigenvalue weighted by Crippen LogP contribution is 2.34. The molecule has 3 aromatic rings. The topological polar surface area (TPSA) is 85.5 Å². The molecule has 0 bridgehead atoms. The zero-order valence-corrected chi connectivity index (χ0v) is 15.3. The molecule has 1 aromatic carbocycles. The lowest BCUT2D eigenvalue weighted by atomic mass is 10.1. The van der Waals surface area contributed by atoms with Gasteiger partial charge < -0.3 is 14.4 Å². The first-order valence-corrected chi connectivity index (χ1v) is 8.77. The van der Waals surface area contributed by atoms with Crippen LogP contribution in [0.4, 0.5) is 0 Å². The number of aliphatic carboxylic acids is 1. The largest absolute Gasteiger partial charge is 0.483 e. The maximum Gasteiger partial charge on any atom is 0.303 e. The van der Waals surface area contributed by atoms with Gasteiger partial charge in [0.2, 0.25) is 0 Å². The molecule has 136 valence electrons. The van der Waals surface area contributed by atoms with Crippen LogP contribution in [0.3, 0.4) is 0 Å². The third kappa shape index (κ3) is 3.96. The van der Waals surface area contributed by atoms with E-state index in [4.69, 9.17) is 26.0 Å². The van der Waals surface area contributed by atoms with Crippen LogP contribution in [0, 0.1) is 0 Å². The fourth-order valence-electron chi connectivity index (χ4n) is 2.66. The Morgan fingerprint density at radius 2 is 2.19 bits per heavy atom. The predicted molar refractivity (Wildman–Crippen MR) is 97.6 cm³/mol. The number of halogens is 1. The molecular formula is C19H19ClN2O4. The van der Waals surface area contributed by atoms with Crippen LogP contribution in [-0.2, 0) is 17.6 Å². The van der Waals surface area contributed by atoms with Crippen LogP contribution < -0.4 is 4.74 Å². The summed E-state index contributed by atoms with van der Waals surface area (Å²) in [7, 11) is 0. The van der Waals surface area contributed by atoms with Crippen LogP contribution in [0.5, 0.6) is 5.75 Å². The number of fused-ring (bicyclic) bond motifs is 1. The predicted octanol–water partition coefficient (Wildman–Crippen LogP) is 4.60. The molecule has 0 amide bonds. The number of rotatable bonds is 7. The van der Waals surface area contributed by atoms with E-state index in [0.29, 0.717) is 27.4 Å². The van der Waals surface area contributed by atoms with Crippen molar-refractivity contribution in [2.45, 2.75) is 39.2 Å². The van der Waals surface area contributed by atoms with Crippen LogP contribution in [-0.4, -0.2) is 21.2 Å². The van der Waals surface area contributed by atoms with Gasteiger partial charge in [-0.3, -0.25) is 9.78 Å². The van der Waals surface area contributed by atoms with Crippen molar-refractivity contribution >= 4 is 28.5 Å². The zero-order valence-electron chi connectivity index (χ0n) is 14.5. The van der Waals surface area contributed by atoms with Crippen molar-refractivity contribution in [2.75, 3.05) is 0 Å². The molecule has 7 heteroatoms. The number of aryl methyl sites for hydroxylation is 2. The molecule has 2 aromatic heterocycles. The molecule has 0 aliphatic heterocycles. The zero-order chi connectivity index (χ0) is 18.7. The van der Waals surface area contributed by atoms with Gasteiger partial charge in [0.25, 0.3) is 0 Å². The summed E-state index contributed by atoms with van der Waals surface area (Å²) >= 11 is 6.35. The summed E-state index contributed by atoms with van der Waals surface area (Å²) in [5.74, 6) is -0.417. The molecule has 26 heavy (non-hydrogen) atoms. The second-order valence-electron chi connectivity index (χ2n) is 5.97.